The third-order valence-corrected chi connectivity index (χ3v) is 6.13. The van der Waals surface area contributed by atoms with E-state index in [2.05, 4.69) is 4.99 Å². The highest BCUT2D eigenvalue weighted by Gasteiger charge is 2.66. The van der Waals surface area contributed by atoms with Crippen LogP contribution in [0, 0.1) is 11.8 Å². The first kappa shape index (κ1) is 18.6. The number of rotatable bonds is 6. The minimum atomic E-state index is -0.921. The van der Waals surface area contributed by atoms with Crippen molar-refractivity contribution >= 4 is 23.8 Å². The maximum Gasteiger partial charge on any atom is 0.320 e. The molecule has 0 bridgehead atoms. The summed E-state index contributed by atoms with van der Waals surface area (Å²) in [5.41, 5.74) is 0. The van der Waals surface area contributed by atoms with Crippen molar-refractivity contribution in [2.75, 3.05) is 46.5 Å². The average molecular weight is 374 g/mol. The first-order valence-corrected chi connectivity index (χ1v) is 9.08. The number of halogens is 2. The first-order chi connectivity index (χ1) is 11.9. The number of allylic oxidation sites excluding steroid dienone is 1. The van der Waals surface area contributed by atoms with Crippen molar-refractivity contribution in [1.82, 2.24) is 9.80 Å². The zero-order chi connectivity index (χ0) is 18.2. The van der Waals surface area contributed by atoms with Gasteiger partial charge in [-0.25, -0.2) is 9.38 Å². The van der Waals surface area contributed by atoms with Gasteiger partial charge in [-0.05, 0) is 12.8 Å². The number of fused-ring (bicyclic) bond motifs is 1. The Hall–Kier alpha value is -1.18. The summed E-state index contributed by atoms with van der Waals surface area (Å²) in [6.45, 7) is 6.44. The molecule has 0 aromatic rings. The van der Waals surface area contributed by atoms with Gasteiger partial charge in [0.15, 0.2) is 11.6 Å². The number of aliphatic imine (C=N–C) groups is 1. The van der Waals surface area contributed by atoms with E-state index >= 15 is 0 Å². The van der Waals surface area contributed by atoms with Gasteiger partial charge in [-0.3, -0.25) is 9.69 Å². The molecule has 1 aliphatic carbocycles. The highest BCUT2D eigenvalue weighted by molar-refractivity contribution is 6.30. The third kappa shape index (κ3) is 3.29. The van der Waals surface area contributed by atoms with Gasteiger partial charge in [-0.2, -0.15) is 0 Å². The van der Waals surface area contributed by atoms with Crippen molar-refractivity contribution in [1.29, 1.82) is 0 Å². The normalized spacial score (nSPS) is 34.9. The van der Waals surface area contributed by atoms with Crippen LogP contribution >= 0.6 is 11.6 Å². The van der Waals surface area contributed by atoms with Gasteiger partial charge in [0.2, 0.25) is 0 Å². The molecule has 140 valence electrons. The van der Waals surface area contributed by atoms with Gasteiger partial charge in [0.1, 0.15) is 4.87 Å². The van der Waals surface area contributed by atoms with Crippen molar-refractivity contribution in [2.45, 2.75) is 24.8 Å². The Morgan fingerprint density at radius 1 is 1.52 bits per heavy atom. The molecule has 3 unspecified atom stereocenters. The van der Waals surface area contributed by atoms with Crippen LogP contribution in [0.4, 0.5) is 4.39 Å². The number of ether oxygens (including phenoxy) is 2. The van der Waals surface area contributed by atoms with E-state index in [9.17, 15) is 9.18 Å². The molecule has 1 saturated heterocycles. The van der Waals surface area contributed by atoms with Crippen molar-refractivity contribution in [3.63, 3.8) is 0 Å². The molecule has 0 N–H and O–H groups in total. The Morgan fingerprint density at radius 2 is 2.28 bits per heavy atom. The summed E-state index contributed by atoms with van der Waals surface area (Å²) in [7, 11) is 1.62. The predicted octanol–water partition coefficient (Wildman–Crippen LogP) is 1.65. The Balaban J connectivity index is 1.71. The molecule has 3 rings (SSSR count). The highest BCUT2D eigenvalue weighted by atomic mass is 35.5. The number of methoxy groups -OCH3 is 1. The molecular weight excluding hydrogens is 349 g/mol. The summed E-state index contributed by atoms with van der Waals surface area (Å²) in [4.78, 5) is 19.1. The maximum absolute atomic E-state index is 14.9. The molecule has 0 aromatic heterocycles. The summed E-state index contributed by atoms with van der Waals surface area (Å²) in [5.74, 6) is -0.211. The van der Waals surface area contributed by atoms with Gasteiger partial charge in [-0.1, -0.05) is 6.92 Å². The molecule has 25 heavy (non-hydrogen) atoms. The van der Waals surface area contributed by atoms with Crippen LogP contribution < -0.4 is 0 Å². The summed E-state index contributed by atoms with van der Waals surface area (Å²) >= 11 is 6.44. The van der Waals surface area contributed by atoms with Crippen molar-refractivity contribution in [3.05, 3.63) is 11.6 Å². The molecule has 4 atom stereocenters. The van der Waals surface area contributed by atoms with Gasteiger partial charge in [0.25, 0.3) is 0 Å². The average Bonchev–Trinajstić information content (AvgIpc) is 3.13. The number of carbonyl (C=O) groups is 1. The van der Waals surface area contributed by atoms with Crippen molar-refractivity contribution in [3.8, 4) is 0 Å². The fraction of sp³-hybridized carbons (Fsp3) is 0.765. The third-order valence-electron chi connectivity index (χ3n) is 5.37. The zero-order valence-corrected chi connectivity index (χ0v) is 15.6. The van der Waals surface area contributed by atoms with Gasteiger partial charge in [0.05, 0.1) is 25.8 Å². The number of esters is 1. The van der Waals surface area contributed by atoms with Gasteiger partial charge in [-0.15, -0.1) is 11.6 Å². The highest BCUT2D eigenvalue weighted by Crippen LogP contribution is 2.62. The van der Waals surface area contributed by atoms with Crippen molar-refractivity contribution in [2.24, 2.45) is 16.8 Å². The molecule has 1 saturated carbocycles. The van der Waals surface area contributed by atoms with Crippen LogP contribution in [0.25, 0.3) is 0 Å². The van der Waals surface area contributed by atoms with Crippen LogP contribution in [-0.4, -0.2) is 79.4 Å². The molecule has 0 radical (unpaired) electrons. The Labute approximate surface area is 152 Å². The second-order valence-electron chi connectivity index (χ2n) is 6.83. The van der Waals surface area contributed by atoms with E-state index in [1.807, 2.05) is 16.7 Å². The molecular formula is C17H25ClFN3O3. The molecule has 2 heterocycles. The summed E-state index contributed by atoms with van der Waals surface area (Å²) in [6.07, 6.45) is 1.77. The van der Waals surface area contributed by atoms with Gasteiger partial charge in [0, 0.05) is 38.9 Å². The maximum atomic E-state index is 14.9. The quantitative estimate of drug-likeness (QED) is 0.523. The molecule has 6 nitrogen and oxygen atoms in total. The Kier molecular flexibility index (Phi) is 5.37. The molecule has 0 spiro atoms. The fourth-order valence-electron chi connectivity index (χ4n) is 3.75. The molecule has 2 fully saturated rings. The number of alkyl halides is 1. The van der Waals surface area contributed by atoms with E-state index in [0.717, 1.165) is 0 Å². The minimum Gasteiger partial charge on any atom is -0.465 e. The zero-order valence-electron chi connectivity index (χ0n) is 14.9. The molecule has 2 aliphatic heterocycles. The van der Waals surface area contributed by atoms with E-state index in [1.54, 1.807) is 20.2 Å². The number of nitrogens with zero attached hydrogens (tertiary/aromatic N) is 3. The Bertz CT molecular complexity index is 600. The number of carbonyl (C=O) groups excluding carboxylic acids is 1. The van der Waals surface area contributed by atoms with Crippen LogP contribution in [0.2, 0.25) is 0 Å². The second-order valence-corrected chi connectivity index (χ2v) is 7.45. The van der Waals surface area contributed by atoms with E-state index < -0.39 is 4.87 Å². The predicted molar refractivity (Wildman–Crippen MR) is 93.3 cm³/mol. The monoisotopic (exact) mass is 373 g/mol. The van der Waals surface area contributed by atoms with Crippen LogP contribution in [0.3, 0.4) is 0 Å². The van der Waals surface area contributed by atoms with Crippen LogP contribution in [-0.2, 0) is 14.3 Å². The molecule has 0 aromatic carbocycles. The van der Waals surface area contributed by atoms with Gasteiger partial charge >= 0.3 is 5.97 Å². The summed E-state index contributed by atoms with van der Waals surface area (Å²) in [5, 5.41) is 0. The van der Waals surface area contributed by atoms with E-state index in [1.165, 1.54) is 0 Å². The summed E-state index contributed by atoms with van der Waals surface area (Å²) in [6, 6.07) is -0.0423. The molecule has 3 aliphatic rings. The van der Waals surface area contributed by atoms with Crippen LogP contribution in [0.5, 0.6) is 0 Å². The lowest BCUT2D eigenvalue weighted by Gasteiger charge is -2.42. The van der Waals surface area contributed by atoms with Crippen LogP contribution in [0.1, 0.15) is 13.8 Å². The topological polar surface area (TPSA) is 54.4 Å². The van der Waals surface area contributed by atoms with E-state index in [4.69, 9.17) is 21.1 Å². The fourth-order valence-corrected chi connectivity index (χ4v) is 4.15. The van der Waals surface area contributed by atoms with Crippen LogP contribution in [0.15, 0.2) is 16.6 Å². The van der Waals surface area contributed by atoms with Gasteiger partial charge < -0.3 is 14.4 Å². The lowest BCUT2D eigenvalue weighted by Crippen LogP contribution is -2.56. The minimum absolute atomic E-state index is 0.0159. The summed E-state index contributed by atoms with van der Waals surface area (Å²) < 4.78 is 25.2. The number of piperazine rings is 1. The second kappa shape index (κ2) is 7.21. The largest absolute Gasteiger partial charge is 0.465 e. The SMILES string of the molecule is CCOC(=O)CN1CCN(C2=C(F)C3(Cl)C(C)C3C=N2)C[C@H]1COC. The molecule has 0 amide bonds. The number of hydrogen-bond acceptors (Lipinski definition) is 6. The standard InChI is InChI=1S/C17H25ClFN3O3/c1-4-25-14(23)9-21-5-6-22(8-12(21)10-24-3)16-15(19)17(18)11(2)13(17)7-20-16/h7,11-13H,4-6,8-10H2,1-3H3/t11?,12-,13?,17?/m0/s1. The van der Waals surface area contributed by atoms with E-state index in [0.29, 0.717) is 38.7 Å². The first-order valence-electron chi connectivity index (χ1n) is 8.70. The van der Waals surface area contributed by atoms with E-state index in [-0.39, 0.29) is 36.2 Å². The Morgan fingerprint density at radius 3 is 2.96 bits per heavy atom. The lowest BCUT2D eigenvalue weighted by molar-refractivity contribution is -0.146. The smallest absolute Gasteiger partial charge is 0.320 e. The molecule has 8 heteroatoms. The lowest BCUT2D eigenvalue weighted by atomic mass is 10.1. The van der Waals surface area contributed by atoms with Crippen molar-refractivity contribution < 1.29 is 18.7 Å². The number of hydrogen-bond donors (Lipinski definition) is 0.